The lowest BCUT2D eigenvalue weighted by molar-refractivity contribution is -0.137. The van der Waals surface area contributed by atoms with Crippen molar-refractivity contribution in [3.8, 4) is 28.7 Å². The van der Waals surface area contributed by atoms with Gasteiger partial charge in [-0.2, -0.15) is 5.26 Å². The highest BCUT2D eigenvalue weighted by Gasteiger charge is 2.13. The Balaban J connectivity index is 1.40. The predicted molar refractivity (Wildman–Crippen MR) is 147 cm³/mol. The molecule has 0 spiro atoms. The molecule has 0 N–H and O–H groups in total. The third-order valence-electron chi connectivity index (χ3n) is 5.97. The van der Waals surface area contributed by atoms with Gasteiger partial charge in [0.15, 0.2) is 5.75 Å². The Morgan fingerprint density at radius 3 is 2.08 bits per heavy atom. The van der Waals surface area contributed by atoms with Crippen molar-refractivity contribution in [2.45, 2.75) is 44.9 Å². The molecule has 196 valence electrons. The number of carbonyl (C=O) groups excluding carboxylic acids is 2. The van der Waals surface area contributed by atoms with Crippen LogP contribution in [0.4, 0.5) is 0 Å². The summed E-state index contributed by atoms with van der Waals surface area (Å²) in [5.74, 6) is -0.162. The van der Waals surface area contributed by atoms with Gasteiger partial charge < -0.3 is 14.2 Å². The minimum atomic E-state index is -0.530. The Labute approximate surface area is 224 Å². The molecule has 3 aromatic carbocycles. The molecule has 0 atom stereocenters. The van der Waals surface area contributed by atoms with Gasteiger partial charge >= 0.3 is 11.9 Å². The predicted octanol–water partition coefficient (Wildman–Crippen LogP) is 7.28. The third-order valence-corrected chi connectivity index (χ3v) is 5.97. The first-order valence-electron chi connectivity index (χ1n) is 12.9. The zero-order valence-corrected chi connectivity index (χ0v) is 21.6. The molecule has 0 amide bonds. The van der Waals surface area contributed by atoms with E-state index in [2.05, 4.69) is 12.6 Å². The number of hydrogen-bond donors (Lipinski definition) is 0. The van der Waals surface area contributed by atoms with Crippen LogP contribution < -0.4 is 9.47 Å². The number of unbranched alkanes of at least 4 members (excludes halogenated alkanes) is 6. The maximum Gasteiger partial charge on any atom is 0.343 e. The number of carbonyl (C=O) groups is 2. The summed E-state index contributed by atoms with van der Waals surface area (Å²) in [5.41, 5.74) is 2.73. The molecular weight excluding hydrogens is 478 g/mol. The lowest BCUT2D eigenvalue weighted by atomic mass is 10.0. The van der Waals surface area contributed by atoms with E-state index >= 15 is 0 Å². The van der Waals surface area contributed by atoms with Crippen molar-refractivity contribution >= 4 is 11.9 Å². The van der Waals surface area contributed by atoms with E-state index in [0.29, 0.717) is 24.5 Å². The van der Waals surface area contributed by atoms with E-state index in [1.807, 2.05) is 42.5 Å². The quantitative estimate of drug-likeness (QED) is 0.0922. The Kier molecular flexibility index (Phi) is 11.6. The van der Waals surface area contributed by atoms with Crippen molar-refractivity contribution in [3.05, 3.63) is 96.6 Å². The number of rotatable bonds is 15. The summed E-state index contributed by atoms with van der Waals surface area (Å²) < 4.78 is 16.3. The Bertz CT molecular complexity index is 1230. The van der Waals surface area contributed by atoms with Crippen LogP contribution in [-0.4, -0.2) is 25.2 Å². The van der Waals surface area contributed by atoms with Crippen LogP contribution in [0.5, 0.6) is 11.5 Å². The highest BCUT2D eigenvalue weighted by molar-refractivity contribution is 5.92. The monoisotopic (exact) mass is 511 g/mol. The van der Waals surface area contributed by atoms with Crippen LogP contribution in [0.15, 0.2) is 85.5 Å². The first-order valence-corrected chi connectivity index (χ1v) is 12.9. The lowest BCUT2D eigenvalue weighted by Crippen LogP contribution is -2.09. The van der Waals surface area contributed by atoms with Crippen LogP contribution in [0.3, 0.4) is 0 Å². The molecule has 0 fully saturated rings. The molecule has 6 heteroatoms. The van der Waals surface area contributed by atoms with E-state index in [-0.39, 0.29) is 17.3 Å². The molecule has 0 saturated carbocycles. The van der Waals surface area contributed by atoms with Crippen LogP contribution in [0.2, 0.25) is 0 Å². The maximum atomic E-state index is 12.7. The molecular formula is C32H33NO5. The molecule has 0 aliphatic rings. The SMILES string of the molecule is C=CC(=O)OCCCCCCCCCOc1ccc(C#N)c(OC(=O)c2ccc(-c3ccccc3)cc2)c1. The van der Waals surface area contributed by atoms with Crippen molar-refractivity contribution in [2.75, 3.05) is 13.2 Å². The van der Waals surface area contributed by atoms with Crippen molar-refractivity contribution in [2.24, 2.45) is 0 Å². The van der Waals surface area contributed by atoms with Crippen molar-refractivity contribution < 1.29 is 23.8 Å². The van der Waals surface area contributed by atoms with Crippen LogP contribution in [0.25, 0.3) is 11.1 Å². The van der Waals surface area contributed by atoms with E-state index < -0.39 is 5.97 Å². The second-order valence-electron chi connectivity index (χ2n) is 8.80. The molecule has 0 bridgehead atoms. The molecule has 0 heterocycles. The van der Waals surface area contributed by atoms with Gasteiger partial charge in [-0.3, -0.25) is 0 Å². The number of nitrogens with zero attached hydrogens (tertiary/aromatic N) is 1. The second-order valence-corrected chi connectivity index (χ2v) is 8.80. The van der Waals surface area contributed by atoms with Gasteiger partial charge in [0.25, 0.3) is 0 Å². The van der Waals surface area contributed by atoms with Gasteiger partial charge in [-0.1, -0.05) is 81.1 Å². The van der Waals surface area contributed by atoms with Gasteiger partial charge in [0.2, 0.25) is 0 Å². The molecule has 3 aromatic rings. The lowest BCUT2D eigenvalue weighted by Gasteiger charge is -2.10. The maximum absolute atomic E-state index is 12.7. The summed E-state index contributed by atoms with van der Waals surface area (Å²) in [5, 5.41) is 9.45. The molecule has 0 aliphatic heterocycles. The summed E-state index contributed by atoms with van der Waals surface area (Å²) in [6.45, 7) is 4.36. The fourth-order valence-corrected chi connectivity index (χ4v) is 3.87. The van der Waals surface area contributed by atoms with E-state index in [1.165, 1.54) is 6.08 Å². The van der Waals surface area contributed by atoms with E-state index in [0.717, 1.165) is 56.1 Å². The molecule has 0 saturated heterocycles. The van der Waals surface area contributed by atoms with Crippen LogP contribution in [-0.2, 0) is 9.53 Å². The Hall–Kier alpha value is -4.37. The van der Waals surface area contributed by atoms with Gasteiger partial charge in [-0.25, -0.2) is 9.59 Å². The first-order chi connectivity index (χ1) is 18.6. The topological polar surface area (TPSA) is 85.6 Å². The van der Waals surface area contributed by atoms with E-state index in [4.69, 9.17) is 14.2 Å². The summed E-state index contributed by atoms with van der Waals surface area (Å²) in [6.07, 6.45) is 8.36. The zero-order valence-electron chi connectivity index (χ0n) is 21.6. The van der Waals surface area contributed by atoms with E-state index in [9.17, 15) is 14.9 Å². The minimum absolute atomic E-state index is 0.181. The normalized spacial score (nSPS) is 10.3. The fourth-order valence-electron chi connectivity index (χ4n) is 3.87. The van der Waals surface area contributed by atoms with Gasteiger partial charge in [0, 0.05) is 12.1 Å². The summed E-state index contributed by atoms with van der Waals surface area (Å²) in [4.78, 5) is 23.7. The third kappa shape index (κ3) is 9.25. The van der Waals surface area contributed by atoms with Crippen molar-refractivity contribution in [1.82, 2.24) is 0 Å². The van der Waals surface area contributed by atoms with E-state index in [1.54, 1.807) is 30.3 Å². The number of nitriles is 1. The standard InChI is InChI=1S/C32H33NO5/c1-2-31(34)37-22-12-7-5-3-4-6-11-21-36-29-20-19-28(24-33)30(23-29)38-32(35)27-17-15-26(16-18-27)25-13-9-8-10-14-25/h2,8-10,13-20,23H,1,3-7,11-12,21-22H2. The van der Waals surface area contributed by atoms with Crippen LogP contribution in [0.1, 0.15) is 60.9 Å². The molecule has 0 aliphatic carbocycles. The first kappa shape index (κ1) is 28.2. The fraction of sp³-hybridized carbons (Fsp3) is 0.281. The largest absolute Gasteiger partial charge is 0.493 e. The summed E-state index contributed by atoms with van der Waals surface area (Å²) in [7, 11) is 0. The summed E-state index contributed by atoms with van der Waals surface area (Å²) >= 11 is 0. The molecule has 0 unspecified atom stereocenters. The average molecular weight is 512 g/mol. The second kappa shape index (κ2) is 15.7. The molecule has 0 radical (unpaired) electrons. The zero-order chi connectivity index (χ0) is 27.0. The highest BCUT2D eigenvalue weighted by atomic mass is 16.5. The molecule has 3 rings (SSSR count). The van der Waals surface area contributed by atoms with Crippen molar-refractivity contribution in [1.29, 1.82) is 5.26 Å². The molecule has 6 nitrogen and oxygen atoms in total. The number of ether oxygens (including phenoxy) is 3. The number of benzene rings is 3. The number of hydrogen-bond acceptors (Lipinski definition) is 6. The summed E-state index contributed by atoms with van der Waals surface area (Å²) in [6, 6.07) is 24.0. The van der Waals surface area contributed by atoms with Crippen LogP contribution in [0, 0.1) is 11.3 Å². The van der Waals surface area contributed by atoms with Crippen molar-refractivity contribution in [3.63, 3.8) is 0 Å². The van der Waals surface area contributed by atoms with Crippen LogP contribution >= 0.6 is 0 Å². The minimum Gasteiger partial charge on any atom is -0.493 e. The highest BCUT2D eigenvalue weighted by Crippen LogP contribution is 2.26. The van der Waals surface area contributed by atoms with Gasteiger partial charge in [0.05, 0.1) is 24.3 Å². The molecule has 0 aromatic heterocycles. The average Bonchev–Trinajstić information content (AvgIpc) is 2.96. The van der Waals surface area contributed by atoms with Gasteiger partial charge in [0.1, 0.15) is 11.8 Å². The molecule has 38 heavy (non-hydrogen) atoms. The smallest absolute Gasteiger partial charge is 0.343 e. The number of esters is 2. The van der Waals surface area contributed by atoms with Gasteiger partial charge in [-0.15, -0.1) is 0 Å². The Morgan fingerprint density at radius 1 is 0.789 bits per heavy atom. The van der Waals surface area contributed by atoms with Gasteiger partial charge in [-0.05, 0) is 48.2 Å². The Morgan fingerprint density at radius 2 is 1.42 bits per heavy atom.